The highest BCUT2D eigenvalue weighted by Crippen LogP contribution is 2.30. The van der Waals surface area contributed by atoms with Gasteiger partial charge < -0.3 is 9.80 Å². The van der Waals surface area contributed by atoms with Crippen LogP contribution in [-0.2, 0) is 11.2 Å². The van der Waals surface area contributed by atoms with Crippen molar-refractivity contribution in [2.75, 3.05) is 31.1 Å². The largest absolute Gasteiger partial charge is 0.339 e. The predicted molar refractivity (Wildman–Crippen MR) is 130 cm³/mol. The minimum atomic E-state index is -0.361. The van der Waals surface area contributed by atoms with Crippen LogP contribution in [0, 0.1) is 5.82 Å². The van der Waals surface area contributed by atoms with Gasteiger partial charge >= 0.3 is 0 Å². The van der Waals surface area contributed by atoms with Crippen molar-refractivity contribution in [2.24, 2.45) is 0 Å². The number of carbonyl (C=O) groups is 1. The van der Waals surface area contributed by atoms with Crippen molar-refractivity contribution in [3.8, 4) is 11.4 Å². The molecule has 1 fully saturated rings. The number of halogens is 1. The minimum absolute atomic E-state index is 0.134. The smallest absolute Gasteiger partial charge is 0.227 e. The maximum atomic E-state index is 14.7. The van der Waals surface area contributed by atoms with Crippen LogP contribution in [0.4, 0.5) is 10.3 Å². The van der Waals surface area contributed by atoms with Crippen LogP contribution in [0.25, 0.3) is 27.9 Å². The van der Waals surface area contributed by atoms with E-state index in [4.69, 9.17) is 4.98 Å². The molecule has 1 saturated heterocycles. The predicted octanol–water partition coefficient (Wildman–Crippen LogP) is 4.04. The summed E-state index contributed by atoms with van der Waals surface area (Å²) in [6.45, 7) is 2.42. The summed E-state index contributed by atoms with van der Waals surface area (Å²) in [5.74, 6) is 0.842. The number of anilines is 1. The number of aromatic nitrogens is 4. The highest BCUT2D eigenvalue weighted by molar-refractivity contribution is 7.10. The summed E-state index contributed by atoms with van der Waals surface area (Å²) in [7, 11) is 0. The number of fused-ring (bicyclic) bond motifs is 3. The quantitative estimate of drug-likeness (QED) is 0.395. The zero-order chi connectivity index (χ0) is 23.1. The normalized spacial score (nSPS) is 14.3. The van der Waals surface area contributed by atoms with Crippen molar-refractivity contribution < 1.29 is 9.18 Å². The molecule has 4 heterocycles. The second-order valence-corrected chi connectivity index (χ2v) is 9.25. The van der Waals surface area contributed by atoms with Gasteiger partial charge in [0.2, 0.25) is 11.9 Å². The SMILES string of the molecule is O=C(Cc1cccs1)N1CCN(c2nc3ccccc3c3nnc(-c4ccccc4F)n23)CC1. The number of piperazine rings is 1. The summed E-state index contributed by atoms with van der Waals surface area (Å²) in [6.07, 6.45) is 0.430. The first-order valence-corrected chi connectivity index (χ1v) is 12.0. The van der Waals surface area contributed by atoms with E-state index in [1.807, 2.05) is 51.1 Å². The van der Waals surface area contributed by atoms with Crippen LogP contribution in [0.5, 0.6) is 0 Å². The zero-order valence-corrected chi connectivity index (χ0v) is 19.1. The van der Waals surface area contributed by atoms with Crippen LogP contribution in [-0.4, -0.2) is 56.6 Å². The third-order valence-electron chi connectivity index (χ3n) is 6.16. The van der Waals surface area contributed by atoms with Crippen LogP contribution < -0.4 is 4.90 Å². The Kier molecular flexibility index (Phi) is 5.18. The summed E-state index contributed by atoms with van der Waals surface area (Å²) in [6, 6.07) is 18.3. The van der Waals surface area contributed by atoms with E-state index in [0.29, 0.717) is 55.6 Å². The van der Waals surface area contributed by atoms with Gasteiger partial charge in [-0.05, 0) is 35.7 Å². The molecule has 0 radical (unpaired) electrons. The molecule has 0 unspecified atom stereocenters. The molecule has 34 heavy (non-hydrogen) atoms. The van der Waals surface area contributed by atoms with Crippen molar-refractivity contribution >= 4 is 39.7 Å². The van der Waals surface area contributed by atoms with Gasteiger partial charge in [0, 0.05) is 36.4 Å². The first-order chi connectivity index (χ1) is 16.7. The standard InChI is InChI=1S/C25H21FN6OS/c26-20-9-3-1-7-18(20)23-28-29-24-19-8-2-4-10-21(19)27-25(32(23)24)31-13-11-30(12-14-31)22(33)16-17-6-5-15-34-17/h1-10,15H,11-14,16H2. The van der Waals surface area contributed by atoms with E-state index in [-0.39, 0.29) is 11.7 Å². The lowest BCUT2D eigenvalue weighted by Crippen LogP contribution is -2.49. The number of rotatable bonds is 4. The summed E-state index contributed by atoms with van der Waals surface area (Å²) in [4.78, 5) is 22.8. The molecular weight excluding hydrogens is 451 g/mol. The second-order valence-electron chi connectivity index (χ2n) is 8.22. The van der Waals surface area contributed by atoms with Gasteiger partial charge in [-0.1, -0.05) is 30.3 Å². The fourth-order valence-corrected chi connectivity index (χ4v) is 5.12. The highest BCUT2D eigenvalue weighted by atomic mass is 32.1. The van der Waals surface area contributed by atoms with Gasteiger partial charge in [0.05, 0.1) is 17.5 Å². The molecule has 1 amide bonds. The van der Waals surface area contributed by atoms with E-state index in [2.05, 4.69) is 15.1 Å². The molecule has 1 aliphatic rings. The molecule has 5 aromatic rings. The monoisotopic (exact) mass is 472 g/mol. The molecule has 170 valence electrons. The Balaban J connectivity index is 1.37. The fraction of sp³-hybridized carbons (Fsp3) is 0.200. The number of benzene rings is 2. The summed E-state index contributed by atoms with van der Waals surface area (Å²) in [5, 5.41) is 11.6. The van der Waals surface area contributed by atoms with Crippen molar-refractivity contribution in [1.29, 1.82) is 0 Å². The third-order valence-corrected chi connectivity index (χ3v) is 7.04. The first kappa shape index (κ1) is 20.7. The molecule has 9 heteroatoms. The average Bonchev–Trinajstić information content (AvgIpc) is 3.54. The average molecular weight is 473 g/mol. The number of hydrogen-bond donors (Lipinski definition) is 0. The lowest BCUT2D eigenvalue weighted by Gasteiger charge is -2.35. The minimum Gasteiger partial charge on any atom is -0.339 e. The molecule has 3 aromatic heterocycles. The van der Waals surface area contributed by atoms with Gasteiger partial charge in [0.15, 0.2) is 11.5 Å². The highest BCUT2D eigenvalue weighted by Gasteiger charge is 2.26. The Morgan fingerprint density at radius 1 is 0.941 bits per heavy atom. The van der Waals surface area contributed by atoms with Gasteiger partial charge in [-0.3, -0.25) is 4.79 Å². The van der Waals surface area contributed by atoms with Crippen molar-refractivity contribution in [2.45, 2.75) is 6.42 Å². The van der Waals surface area contributed by atoms with Gasteiger partial charge in [0.1, 0.15) is 5.82 Å². The number of thiophene rings is 1. The fourth-order valence-electron chi connectivity index (χ4n) is 4.43. The molecule has 0 bridgehead atoms. The molecule has 0 spiro atoms. The Bertz CT molecular complexity index is 1490. The van der Waals surface area contributed by atoms with Gasteiger partial charge in [0.25, 0.3) is 0 Å². The molecule has 0 saturated carbocycles. The number of carbonyl (C=O) groups excluding carboxylic acids is 1. The third kappa shape index (κ3) is 3.58. The number of para-hydroxylation sites is 1. The number of amides is 1. The molecule has 7 nitrogen and oxygen atoms in total. The molecule has 1 aliphatic heterocycles. The Morgan fingerprint density at radius 2 is 1.74 bits per heavy atom. The number of nitrogens with zero attached hydrogens (tertiary/aromatic N) is 6. The van der Waals surface area contributed by atoms with Crippen molar-refractivity contribution in [3.63, 3.8) is 0 Å². The lowest BCUT2D eigenvalue weighted by molar-refractivity contribution is -0.130. The topological polar surface area (TPSA) is 66.6 Å². The number of hydrogen-bond acceptors (Lipinski definition) is 6. The van der Waals surface area contributed by atoms with Gasteiger partial charge in [-0.25, -0.2) is 13.8 Å². The maximum absolute atomic E-state index is 14.7. The summed E-state index contributed by atoms with van der Waals surface area (Å²) < 4.78 is 16.5. The molecule has 2 aromatic carbocycles. The van der Waals surface area contributed by atoms with Crippen LogP contribution in [0.3, 0.4) is 0 Å². The molecule has 0 atom stereocenters. The van der Waals surface area contributed by atoms with E-state index >= 15 is 0 Å². The lowest BCUT2D eigenvalue weighted by atomic mass is 10.2. The van der Waals surface area contributed by atoms with E-state index in [9.17, 15) is 9.18 Å². The molecular formula is C25H21FN6OS. The zero-order valence-electron chi connectivity index (χ0n) is 18.3. The van der Waals surface area contributed by atoms with Crippen LogP contribution in [0.1, 0.15) is 4.88 Å². The Labute approximate surface area is 199 Å². The molecule has 6 rings (SSSR count). The van der Waals surface area contributed by atoms with Crippen molar-refractivity contribution in [1.82, 2.24) is 24.5 Å². The van der Waals surface area contributed by atoms with Crippen molar-refractivity contribution in [3.05, 3.63) is 76.7 Å². The summed E-state index contributed by atoms with van der Waals surface area (Å²) >= 11 is 1.60. The Morgan fingerprint density at radius 3 is 2.53 bits per heavy atom. The first-order valence-electron chi connectivity index (χ1n) is 11.1. The van der Waals surface area contributed by atoms with Crippen LogP contribution >= 0.6 is 11.3 Å². The van der Waals surface area contributed by atoms with E-state index in [0.717, 1.165) is 15.8 Å². The van der Waals surface area contributed by atoms with E-state index in [1.165, 1.54) is 6.07 Å². The second kappa shape index (κ2) is 8.49. The van der Waals surface area contributed by atoms with Gasteiger partial charge in [-0.15, -0.1) is 21.5 Å². The van der Waals surface area contributed by atoms with E-state index < -0.39 is 0 Å². The maximum Gasteiger partial charge on any atom is 0.227 e. The van der Waals surface area contributed by atoms with Crippen LogP contribution in [0.2, 0.25) is 0 Å². The summed E-state index contributed by atoms with van der Waals surface area (Å²) in [5.41, 5.74) is 1.81. The Hall–Kier alpha value is -3.85. The molecule has 0 N–H and O–H groups in total. The van der Waals surface area contributed by atoms with E-state index in [1.54, 1.807) is 29.5 Å². The molecule has 0 aliphatic carbocycles. The van der Waals surface area contributed by atoms with Crippen LogP contribution in [0.15, 0.2) is 66.0 Å². The van der Waals surface area contributed by atoms with Gasteiger partial charge in [-0.2, -0.15) is 0 Å².